The number of pyridine rings is 2. The Morgan fingerprint density at radius 3 is 2.97 bits per heavy atom. The van der Waals surface area contributed by atoms with Crippen LogP contribution in [0.4, 0.5) is 17.3 Å². The molecule has 0 spiro atoms. The van der Waals surface area contributed by atoms with E-state index < -0.39 is 18.1 Å². The van der Waals surface area contributed by atoms with E-state index in [1.165, 1.54) is 6.20 Å². The zero-order valence-corrected chi connectivity index (χ0v) is 16.4. The molecule has 3 aromatic rings. The lowest BCUT2D eigenvalue weighted by molar-refractivity contribution is 0.0785. The molecule has 29 heavy (non-hydrogen) atoms. The predicted octanol–water partition coefficient (Wildman–Crippen LogP) is 1.85. The van der Waals surface area contributed by atoms with Crippen molar-refractivity contribution in [2.45, 2.75) is 19.1 Å². The Morgan fingerprint density at radius 2 is 2.21 bits per heavy atom. The van der Waals surface area contributed by atoms with Crippen LogP contribution >= 0.6 is 11.6 Å². The first-order valence-corrected chi connectivity index (χ1v) is 9.50. The van der Waals surface area contributed by atoms with Crippen LogP contribution in [0.1, 0.15) is 17.3 Å². The molecule has 4 heterocycles. The average Bonchev–Trinajstić information content (AvgIpc) is 3.01. The zero-order chi connectivity index (χ0) is 20.7. The van der Waals surface area contributed by atoms with E-state index in [0.29, 0.717) is 34.9 Å². The molecule has 0 aromatic carbocycles. The topological polar surface area (TPSA) is 144 Å². The summed E-state index contributed by atoms with van der Waals surface area (Å²) in [6, 6.07) is 2.95. The molecule has 10 heteroatoms. The number of piperidine rings is 1. The van der Waals surface area contributed by atoms with Crippen molar-refractivity contribution in [1.29, 1.82) is 0 Å². The number of fused-ring (bicyclic) bond motifs is 1. The van der Waals surface area contributed by atoms with Crippen LogP contribution in [0, 0.1) is 5.92 Å². The number of anilines is 3. The molecule has 0 radical (unpaired) electrons. The number of rotatable bonds is 3. The van der Waals surface area contributed by atoms with Gasteiger partial charge < -0.3 is 31.2 Å². The number of nitrogens with one attached hydrogen (secondary N) is 1. The van der Waals surface area contributed by atoms with Crippen LogP contribution in [0.25, 0.3) is 11.1 Å². The van der Waals surface area contributed by atoms with Gasteiger partial charge in [0.2, 0.25) is 5.88 Å². The number of aliphatic hydroxyl groups excluding tert-OH is 1. The van der Waals surface area contributed by atoms with Gasteiger partial charge in [-0.05, 0) is 6.07 Å². The van der Waals surface area contributed by atoms with Gasteiger partial charge in [0.25, 0.3) is 5.91 Å². The summed E-state index contributed by atoms with van der Waals surface area (Å²) < 4.78 is 5.42. The maximum absolute atomic E-state index is 13.0. The Bertz CT molecular complexity index is 1060. The standard InChI is InChI=1S/C19H21ClN6O3/c1-9-7-26(8-11(21)17(9)27)13-2-3-23-6-12(13)25-19(28)15-16-14(29-18(15)22)4-10(20)5-24-16/h2-6,9,11,17,27H,7-8,21-22H2,1H3,(H,25,28)/t9-,11+,17+/m0/s1. The van der Waals surface area contributed by atoms with E-state index >= 15 is 0 Å². The van der Waals surface area contributed by atoms with Gasteiger partial charge in [0.15, 0.2) is 5.58 Å². The zero-order valence-electron chi connectivity index (χ0n) is 15.7. The first-order valence-electron chi connectivity index (χ1n) is 9.12. The first-order chi connectivity index (χ1) is 13.8. The monoisotopic (exact) mass is 416 g/mol. The molecule has 6 N–H and O–H groups in total. The Balaban J connectivity index is 1.64. The second-order valence-corrected chi connectivity index (χ2v) is 7.66. The number of nitrogens with zero attached hydrogens (tertiary/aromatic N) is 3. The fourth-order valence-corrected chi connectivity index (χ4v) is 3.80. The number of aromatic nitrogens is 2. The second kappa shape index (κ2) is 7.51. The van der Waals surface area contributed by atoms with E-state index in [4.69, 9.17) is 27.5 Å². The summed E-state index contributed by atoms with van der Waals surface area (Å²) in [6.45, 7) is 2.99. The number of hydrogen-bond acceptors (Lipinski definition) is 8. The van der Waals surface area contributed by atoms with Crippen LogP contribution in [0.5, 0.6) is 0 Å². The normalized spacial score (nSPS) is 22.1. The van der Waals surface area contributed by atoms with Gasteiger partial charge in [-0.1, -0.05) is 18.5 Å². The number of carbonyl (C=O) groups is 1. The summed E-state index contributed by atoms with van der Waals surface area (Å²) in [7, 11) is 0. The van der Waals surface area contributed by atoms with Gasteiger partial charge in [0, 0.05) is 43.5 Å². The lowest BCUT2D eigenvalue weighted by atomic mass is 9.92. The fourth-order valence-electron chi connectivity index (χ4n) is 3.65. The summed E-state index contributed by atoms with van der Waals surface area (Å²) in [4.78, 5) is 23.3. The van der Waals surface area contributed by atoms with E-state index in [0.717, 1.165) is 5.69 Å². The van der Waals surface area contributed by atoms with Crippen molar-refractivity contribution in [3.05, 3.63) is 41.3 Å². The SMILES string of the molecule is C[C@H]1CN(c2ccncc2NC(=O)c2c(N)oc3cc(Cl)cnc23)C[C@@H](N)[C@@H]1O. The molecular formula is C19H21ClN6O3. The number of nitrogens with two attached hydrogens (primary N) is 2. The van der Waals surface area contributed by atoms with Crippen molar-refractivity contribution in [2.24, 2.45) is 11.7 Å². The molecule has 9 nitrogen and oxygen atoms in total. The molecule has 1 amide bonds. The molecule has 1 aliphatic heterocycles. The quantitative estimate of drug-likeness (QED) is 0.506. The summed E-state index contributed by atoms with van der Waals surface area (Å²) in [5.74, 6) is -0.535. The van der Waals surface area contributed by atoms with Crippen LogP contribution < -0.4 is 21.7 Å². The predicted molar refractivity (Wildman–Crippen MR) is 111 cm³/mol. The van der Waals surface area contributed by atoms with Crippen molar-refractivity contribution in [2.75, 3.05) is 29.0 Å². The Kier molecular flexibility index (Phi) is 5.03. The number of hydrogen-bond donors (Lipinski definition) is 4. The number of aliphatic hydroxyl groups is 1. The van der Waals surface area contributed by atoms with Crippen LogP contribution in [-0.2, 0) is 0 Å². The third kappa shape index (κ3) is 3.59. The van der Waals surface area contributed by atoms with Gasteiger partial charge in [-0.25, -0.2) is 0 Å². The molecule has 3 aromatic heterocycles. The minimum absolute atomic E-state index is 0.0159. The van der Waals surface area contributed by atoms with Gasteiger partial charge in [0.1, 0.15) is 11.1 Å². The summed E-state index contributed by atoms with van der Waals surface area (Å²) in [5.41, 5.74) is 14.0. The Morgan fingerprint density at radius 1 is 1.41 bits per heavy atom. The van der Waals surface area contributed by atoms with Crippen LogP contribution in [-0.4, -0.2) is 46.2 Å². The largest absolute Gasteiger partial charge is 0.438 e. The molecule has 0 saturated carbocycles. The molecule has 1 saturated heterocycles. The van der Waals surface area contributed by atoms with Crippen molar-refractivity contribution in [1.82, 2.24) is 9.97 Å². The van der Waals surface area contributed by atoms with E-state index in [1.54, 1.807) is 24.5 Å². The summed E-state index contributed by atoms with van der Waals surface area (Å²) in [6.07, 6.45) is 4.04. The van der Waals surface area contributed by atoms with Gasteiger partial charge in [-0.15, -0.1) is 0 Å². The van der Waals surface area contributed by atoms with Gasteiger partial charge >= 0.3 is 0 Å². The van der Waals surface area contributed by atoms with Crippen molar-refractivity contribution >= 4 is 45.9 Å². The number of nitrogen functional groups attached to an aromatic ring is 1. The third-order valence-electron chi connectivity index (χ3n) is 5.10. The lowest BCUT2D eigenvalue weighted by Crippen LogP contribution is -2.55. The number of amides is 1. The molecule has 1 fully saturated rings. The molecular weight excluding hydrogens is 396 g/mol. The van der Waals surface area contributed by atoms with Crippen molar-refractivity contribution < 1.29 is 14.3 Å². The summed E-state index contributed by atoms with van der Waals surface area (Å²) >= 11 is 5.92. The maximum atomic E-state index is 13.0. The first kappa shape index (κ1) is 19.4. The molecule has 152 valence electrons. The van der Waals surface area contributed by atoms with Crippen LogP contribution in [0.3, 0.4) is 0 Å². The van der Waals surface area contributed by atoms with Gasteiger partial charge in [0.05, 0.1) is 28.7 Å². The van der Waals surface area contributed by atoms with Crippen LogP contribution in [0.2, 0.25) is 5.02 Å². The van der Waals surface area contributed by atoms with Crippen molar-refractivity contribution in [3.63, 3.8) is 0 Å². The number of halogens is 1. The minimum Gasteiger partial charge on any atom is -0.438 e. The highest BCUT2D eigenvalue weighted by atomic mass is 35.5. The van der Waals surface area contributed by atoms with Gasteiger partial charge in [-0.2, -0.15) is 0 Å². The molecule has 4 rings (SSSR count). The van der Waals surface area contributed by atoms with Crippen molar-refractivity contribution in [3.8, 4) is 0 Å². The third-order valence-corrected chi connectivity index (χ3v) is 5.30. The maximum Gasteiger partial charge on any atom is 0.263 e. The molecule has 0 bridgehead atoms. The number of furan rings is 1. The molecule has 0 unspecified atom stereocenters. The fraction of sp³-hybridized carbons (Fsp3) is 0.316. The molecule has 1 aliphatic rings. The molecule has 0 aliphatic carbocycles. The lowest BCUT2D eigenvalue weighted by Gasteiger charge is -2.40. The highest BCUT2D eigenvalue weighted by molar-refractivity contribution is 6.31. The second-order valence-electron chi connectivity index (χ2n) is 7.23. The van der Waals surface area contributed by atoms with Gasteiger partial charge in [-0.3, -0.25) is 14.8 Å². The minimum atomic E-state index is -0.568. The van der Waals surface area contributed by atoms with Crippen LogP contribution in [0.15, 0.2) is 35.1 Å². The molecule has 3 atom stereocenters. The van der Waals surface area contributed by atoms with E-state index in [-0.39, 0.29) is 17.4 Å². The van der Waals surface area contributed by atoms with E-state index in [2.05, 4.69) is 15.3 Å². The van der Waals surface area contributed by atoms with E-state index in [9.17, 15) is 9.90 Å². The van der Waals surface area contributed by atoms with E-state index in [1.807, 2.05) is 11.8 Å². The average molecular weight is 417 g/mol. The number of carbonyl (C=O) groups excluding carboxylic acids is 1. The Hall–Kier alpha value is -2.88. The highest BCUT2D eigenvalue weighted by Gasteiger charge is 2.32. The highest BCUT2D eigenvalue weighted by Crippen LogP contribution is 2.32. The summed E-state index contributed by atoms with van der Waals surface area (Å²) in [5, 5.41) is 13.3. The smallest absolute Gasteiger partial charge is 0.263 e. The Labute approximate surface area is 171 Å².